The fourth-order valence-electron chi connectivity index (χ4n) is 2.76. The van der Waals surface area contributed by atoms with Gasteiger partial charge in [0.25, 0.3) is 0 Å². The first-order valence-corrected chi connectivity index (χ1v) is 8.92. The summed E-state index contributed by atoms with van der Waals surface area (Å²) in [6.45, 7) is -1.15. The van der Waals surface area contributed by atoms with Gasteiger partial charge in [0, 0.05) is 5.56 Å². The third kappa shape index (κ3) is 4.98. The molecule has 0 spiro atoms. The van der Waals surface area contributed by atoms with E-state index in [0.717, 1.165) is 27.1 Å². The predicted octanol–water partition coefficient (Wildman–Crippen LogP) is 4.24. The van der Waals surface area contributed by atoms with E-state index in [0.29, 0.717) is 0 Å². The molecule has 0 aliphatic rings. The van der Waals surface area contributed by atoms with Gasteiger partial charge in [-0.2, -0.15) is 8.78 Å². The molecule has 3 aromatic carbocycles. The zero-order valence-corrected chi connectivity index (χ0v) is 15.5. The van der Waals surface area contributed by atoms with Gasteiger partial charge in [0.15, 0.2) is 6.61 Å². The minimum atomic E-state index is -4.19. The number of hydrogen-bond acceptors (Lipinski definition) is 8. The Kier molecular flexibility index (Phi) is 6.60. The van der Waals surface area contributed by atoms with Gasteiger partial charge in [-0.1, -0.05) is 53.6 Å². The lowest BCUT2D eigenvalue weighted by molar-refractivity contribution is -0.433. The maximum Gasteiger partial charge on any atom is 0.415 e. The highest BCUT2D eigenvalue weighted by Crippen LogP contribution is 2.31. The third-order valence-corrected chi connectivity index (χ3v) is 4.49. The van der Waals surface area contributed by atoms with Crippen LogP contribution in [-0.2, 0) is 35.0 Å². The van der Waals surface area contributed by atoms with E-state index < -0.39 is 35.8 Å². The predicted molar refractivity (Wildman–Crippen MR) is 99.5 cm³/mol. The van der Waals surface area contributed by atoms with E-state index >= 15 is 0 Å². The van der Waals surface area contributed by atoms with Gasteiger partial charge in [-0.15, -0.1) is 4.33 Å². The number of halogens is 2. The van der Waals surface area contributed by atoms with Crippen LogP contribution in [0.15, 0.2) is 54.6 Å². The highest BCUT2D eigenvalue weighted by atomic mass is 32.2. The molecule has 0 fully saturated rings. The molecule has 0 saturated carbocycles. The molecule has 152 valence electrons. The zero-order chi connectivity index (χ0) is 20.9. The molecular weight excluding hydrogens is 410 g/mol. The Hall–Kier alpha value is -2.79. The summed E-state index contributed by atoms with van der Waals surface area (Å²) in [6, 6.07) is 17.1. The lowest BCUT2D eigenvalue weighted by Gasteiger charge is -2.13. The minimum Gasteiger partial charge on any atom is -0.458 e. The number of carbonyl (C=O) groups is 2. The van der Waals surface area contributed by atoms with E-state index in [2.05, 4.69) is 14.1 Å². The van der Waals surface area contributed by atoms with Gasteiger partial charge < -0.3 is 9.47 Å². The smallest absolute Gasteiger partial charge is 0.415 e. The van der Waals surface area contributed by atoms with Crippen LogP contribution in [0.3, 0.4) is 0 Å². The molecule has 0 atom stereocenters. The van der Waals surface area contributed by atoms with Crippen LogP contribution in [0.4, 0.5) is 8.78 Å². The van der Waals surface area contributed by atoms with Gasteiger partial charge in [-0.05, 0) is 27.6 Å². The summed E-state index contributed by atoms with van der Waals surface area (Å²) in [7, 11) is 0. The molecule has 7 nitrogen and oxygen atoms in total. The van der Waals surface area contributed by atoms with Crippen LogP contribution in [-0.4, -0.2) is 29.1 Å². The lowest BCUT2D eigenvalue weighted by atomic mass is 9.97. The van der Waals surface area contributed by atoms with Crippen LogP contribution >= 0.6 is 12.0 Å². The second-order valence-corrected chi connectivity index (χ2v) is 6.59. The second-order valence-electron chi connectivity index (χ2n) is 5.78. The van der Waals surface area contributed by atoms with Crippen LogP contribution in [0.5, 0.6) is 0 Å². The molecule has 0 bridgehead atoms. The van der Waals surface area contributed by atoms with Crippen molar-refractivity contribution in [1.82, 2.24) is 0 Å². The molecule has 0 amide bonds. The molecule has 0 radical (unpaired) electrons. The van der Waals surface area contributed by atoms with Crippen molar-refractivity contribution in [1.29, 1.82) is 0 Å². The molecule has 3 aromatic rings. The molecule has 0 aliphatic carbocycles. The molecular formula is C19H14F2O7S. The standard InChI is InChI=1S/C19H14F2O7S/c20-19(21,29-28-27-24)18(23)26-11-17(22)25-10-16-14-7-3-1-5-12(14)9-13-6-2-4-8-15(13)16/h1-9,24H,10-11H2. The number of fused-ring (bicyclic) bond motifs is 2. The highest BCUT2D eigenvalue weighted by Gasteiger charge is 2.44. The highest BCUT2D eigenvalue weighted by molar-refractivity contribution is 7.96. The van der Waals surface area contributed by atoms with Crippen LogP contribution in [0.1, 0.15) is 5.56 Å². The van der Waals surface area contributed by atoms with Crippen molar-refractivity contribution in [3.63, 3.8) is 0 Å². The number of carbonyl (C=O) groups excluding carboxylic acids is 2. The maximum atomic E-state index is 13.3. The first-order chi connectivity index (χ1) is 13.9. The van der Waals surface area contributed by atoms with Gasteiger partial charge in [-0.3, -0.25) is 0 Å². The summed E-state index contributed by atoms with van der Waals surface area (Å²) < 4.78 is 39.4. The maximum absolute atomic E-state index is 13.3. The average molecular weight is 424 g/mol. The zero-order valence-electron chi connectivity index (χ0n) is 14.7. The molecule has 0 heterocycles. The van der Waals surface area contributed by atoms with Crippen LogP contribution < -0.4 is 0 Å². The minimum absolute atomic E-state index is 0.134. The van der Waals surface area contributed by atoms with Gasteiger partial charge in [0.05, 0.1) is 0 Å². The topological polar surface area (TPSA) is 91.3 Å². The van der Waals surface area contributed by atoms with E-state index in [1.807, 2.05) is 54.6 Å². The number of esters is 2. The number of alkyl halides is 2. The van der Waals surface area contributed by atoms with E-state index in [1.165, 1.54) is 0 Å². The first-order valence-electron chi connectivity index (χ1n) is 8.18. The summed E-state index contributed by atoms with van der Waals surface area (Å²) in [5, 5.41) is 10.3. The molecule has 0 aromatic heterocycles. The summed E-state index contributed by atoms with van der Waals surface area (Å²) >= 11 is -0.781. The Morgan fingerprint density at radius 1 is 0.966 bits per heavy atom. The number of hydrogen-bond donors (Lipinski definition) is 1. The molecule has 0 saturated heterocycles. The quantitative estimate of drug-likeness (QED) is 0.189. The van der Waals surface area contributed by atoms with Crippen molar-refractivity contribution in [2.24, 2.45) is 0 Å². The second kappa shape index (κ2) is 9.14. The number of ether oxygens (including phenoxy) is 2. The van der Waals surface area contributed by atoms with Crippen molar-refractivity contribution in [2.75, 3.05) is 6.61 Å². The summed E-state index contributed by atoms with van der Waals surface area (Å²) in [5.74, 6) is -3.05. The first kappa shape index (κ1) is 20.9. The van der Waals surface area contributed by atoms with Gasteiger partial charge in [-0.25, -0.2) is 14.8 Å². The fourth-order valence-corrected chi connectivity index (χ4v) is 3.00. The van der Waals surface area contributed by atoms with E-state index in [-0.39, 0.29) is 6.61 Å². The monoisotopic (exact) mass is 424 g/mol. The normalized spacial score (nSPS) is 11.6. The summed E-state index contributed by atoms with van der Waals surface area (Å²) in [6.07, 6.45) is 0. The molecule has 0 aliphatic heterocycles. The third-order valence-electron chi connectivity index (χ3n) is 3.99. The average Bonchev–Trinajstić information content (AvgIpc) is 2.73. The Bertz CT molecular complexity index is 987. The van der Waals surface area contributed by atoms with Crippen LogP contribution in [0, 0.1) is 0 Å². The van der Waals surface area contributed by atoms with Crippen molar-refractivity contribution in [3.8, 4) is 0 Å². The Balaban J connectivity index is 1.69. The lowest BCUT2D eigenvalue weighted by Crippen LogP contribution is -2.29. The Morgan fingerprint density at radius 3 is 2.14 bits per heavy atom. The molecule has 1 N–H and O–H groups in total. The van der Waals surface area contributed by atoms with Crippen molar-refractivity contribution < 1.29 is 42.5 Å². The van der Waals surface area contributed by atoms with Gasteiger partial charge in [0.2, 0.25) is 0 Å². The molecule has 10 heteroatoms. The summed E-state index contributed by atoms with van der Waals surface area (Å²) in [5.41, 5.74) is 0.743. The Labute approximate surface area is 167 Å². The van der Waals surface area contributed by atoms with E-state index in [1.54, 1.807) is 0 Å². The Morgan fingerprint density at radius 2 is 1.55 bits per heavy atom. The molecule has 3 rings (SSSR count). The van der Waals surface area contributed by atoms with Crippen molar-refractivity contribution in [3.05, 3.63) is 60.2 Å². The van der Waals surface area contributed by atoms with Crippen molar-refractivity contribution in [2.45, 2.75) is 11.9 Å². The van der Waals surface area contributed by atoms with E-state index in [9.17, 15) is 18.4 Å². The largest absolute Gasteiger partial charge is 0.458 e. The van der Waals surface area contributed by atoms with Gasteiger partial charge >= 0.3 is 17.2 Å². The SMILES string of the molecule is O=C(COC(=O)C(F)(F)SOOO)OCc1c2ccccc2cc2ccccc12. The molecule has 29 heavy (non-hydrogen) atoms. The van der Waals surface area contributed by atoms with Gasteiger partial charge in [0.1, 0.15) is 18.6 Å². The number of rotatable bonds is 8. The van der Waals surface area contributed by atoms with Crippen LogP contribution in [0.25, 0.3) is 21.5 Å². The van der Waals surface area contributed by atoms with Crippen LogP contribution in [0.2, 0.25) is 0 Å². The number of benzene rings is 3. The van der Waals surface area contributed by atoms with E-state index in [4.69, 9.17) is 9.99 Å². The van der Waals surface area contributed by atoms with Crippen molar-refractivity contribution >= 4 is 45.5 Å². The molecule has 0 unspecified atom stereocenters. The fraction of sp³-hybridized carbons (Fsp3) is 0.158. The summed E-state index contributed by atoms with van der Waals surface area (Å²) in [4.78, 5) is 23.2.